The van der Waals surface area contributed by atoms with Crippen LogP contribution in [-0.4, -0.2) is 11.9 Å². The first-order valence-electron chi connectivity index (χ1n) is 27.1. The van der Waals surface area contributed by atoms with Gasteiger partial charge in [-0.25, -0.2) is 0 Å². The van der Waals surface area contributed by atoms with Crippen LogP contribution in [0.1, 0.15) is 250 Å². The SMILES string of the molecule is CCCCCCCCCCCCCCCC=Cc1ccc(N=CC(CCCC)=Nc2ccc(C=CCCCCCCCCCCCCCCC)cc2)cc1.CCCc1cccc([O-])c1[O-].[Ni+2]. The minimum Gasteiger partial charge on any atom is -0.873 e. The average Bonchev–Trinajstić information content (AvgIpc) is 3.32. The number of aryl methyl sites for hydroxylation is 1. The third-order valence-corrected chi connectivity index (χ3v) is 12.4. The standard InChI is InChI=1S/C52H84N2.C9H12O2.Ni/c1-4-7-10-12-14-16-18-20-22-24-26-28-30-32-34-36-48-39-43-50(44-40-48)53-47-52(38-9-6-3)54-51-45-41-49(42-46-51)37-35-33-31-29-27-25-23-21-19-17-15-13-11-8-5-2;1-2-4-7-5-3-6-8(10)9(7)11;/h34-37,39-47H,4-33,38H2,1-3H3;3,5-6,10-11H,2,4H2,1H3;/q;;+2/p-2. The molecule has 3 rings (SSSR count). The molecular formula is C61H94N2NiO2. The van der Waals surface area contributed by atoms with E-state index in [1.807, 2.05) is 13.1 Å². The van der Waals surface area contributed by atoms with Gasteiger partial charge in [-0.15, -0.1) is 11.5 Å². The third-order valence-electron chi connectivity index (χ3n) is 12.4. The normalized spacial score (nSPS) is 11.7. The van der Waals surface area contributed by atoms with E-state index in [0.29, 0.717) is 12.0 Å². The predicted molar refractivity (Wildman–Crippen MR) is 286 cm³/mol. The molecule has 0 radical (unpaired) electrons. The maximum absolute atomic E-state index is 11.0. The van der Waals surface area contributed by atoms with E-state index in [0.717, 1.165) is 42.8 Å². The molecule has 3 aromatic rings. The summed E-state index contributed by atoms with van der Waals surface area (Å²) in [5.74, 6) is -0.731. The summed E-state index contributed by atoms with van der Waals surface area (Å²) < 4.78 is 0. The minimum absolute atomic E-state index is 0. The number of hydrogen-bond donors (Lipinski definition) is 0. The number of hydrogen-bond acceptors (Lipinski definition) is 4. The van der Waals surface area contributed by atoms with Gasteiger partial charge in [-0.1, -0.05) is 267 Å². The smallest absolute Gasteiger partial charge is 0.873 e. The largest absolute Gasteiger partial charge is 2.00 e. The summed E-state index contributed by atoms with van der Waals surface area (Å²) >= 11 is 0. The number of unbranched alkanes of at least 4 members (excludes halogenated alkanes) is 27. The van der Waals surface area contributed by atoms with Crippen LogP contribution in [0.4, 0.5) is 11.4 Å². The van der Waals surface area contributed by atoms with Crippen LogP contribution in [0, 0.1) is 0 Å². The molecule has 3 aromatic carbocycles. The van der Waals surface area contributed by atoms with Crippen molar-refractivity contribution < 1.29 is 26.7 Å². The monoisotopic (exact) mass is 945 g/mol. The number of allylic oxidation sites excluding steroid dienone is 2. The minimum atomic E-state index is -0.393. The van der Waals surface area contributed by atoms with E-state index < -0.39 is 5.75 Å². The van der Waals surface area contributed by atoms with Gasteiger partial charge in [0.1, 0.15) is 0 Å². The molecule has 0 aliphatic rings. The molecule has 4 nitrogen and oxygen atoms in total. The molecule has 0 unspecified atom stereocenters. The van der Waals surface area contributed by atoms with Gasteiger partial charge in [0.15, 0.2) is 0 Å². The Bertz CT molecular complexity index is 1660. The van der Waals surface area contributed by atoms with Crippen molar-refractivity contribution in [2.75, 3.05) is 0 Å². The zero-order valence-electron chi connectivity index (χ0n) is 42.6. The van der Waals surface area contributed by atoms with Gasteiger partial charge in [-0.05, 0) is 80.3 Å². The number of nitrogens with zero attached hydrogens (tertiary/aromatic N) is 2. The third kappa shape index (κ3) is 33.1. The summed E-state index contributed by atoms with van der Waals surface area (Å²) in [6.45, 7) is 8.81. The molecule has 0 N–H and O–H groups in total. The molecule has 66 heavy (non-hydrogen) atoms. The van der Waals surface area contributed by atoms with Gasteiger partial charge >= 0.3 is 16.5 Å². The zero-order valence-corrected chi connectivity index (χ0v) is 43.6. The van der Waals surface area contributed by atoms with Crippen LogP contribution in [0.25, 0.3) is 12.2 Å². The second kappa shape index (κ2) is 44.1. The molecular weight excluding hydrogens is 851 g/mol. The maximum Gasteiger partial charge on any atom is 2.00 e. The van der Waals surface area contributed by atoms with E-state index in [9.17, 15) is 10.2 Å². The molecule has 0 heterocycles. The molecule has 0 aromatic heterocycles. The van der Waals surface area contributed by atoms with Crippen LogP contribution < -0.4 is 10.2 Å². The van der Waals surface area contributed by atoms with Gasteiger partial charge in [0.2, 0.25) is 0 Å². The number of para-hydroxylation sites is 1. The van der Waals surface area contributed by atoms with Crippen molar-refractivity contribution in [1.82, 2.24) is 0 Å². The number of rotatable bonds is 38. The van der Waals surface area contributed by atoms with E-state index in [2.05, 4.69) is 93.6 Å². The summed E-state index contributed by atoms with van der Waals surface area (Å²) in [4.78, 5) is 9.79. The summed E-state index contributed by atoms with van der Waals surface area (Å²) in [6.07, 6.45) is 55.0. The summed E-state index contributed by atoms with van der Waals surface area (Å²) in [5.41, 5.74) is 6.18. The zero-order chi connectivity index (χ0) is 46.7. The van der Waals surface area contributed by atoms with E-state index in [4.69, 9.17) is 9.98 Å². The molecule has 5 heteroatoms. The van der Waals surface area contributed by atoms with E-state index in [-0.39, 0.29) is 22.2 Å². The molecule has 0 spiro atoms. The van der Waals surface area contributed by atoms with E-state index in [1.165, 1.54) is 197 Å². The van der Waals surface area contributed by atoms with Crippen molar-refractivity contribution in [3.8, 4) is 11.5 Å². The molecule has 0 fully saturated rings. The van der Waals surface area contributed by atoms with Crippen LogP contribution in [0.5, 0.6) is 11.5 Å². The first-order valence-corrected chi connectivity index (χ1v) is 27.1. The molecule has 0 amide bonds. The quantitative estimate of drug-likeness (QED) is 0.0326. The van der Waals surface area contributed by atoms with Gasteiger partial charge in [-0.2, -0.15) is 0 Å². The van der Waals surface area contributed by atoms with Crippen LogP contribution in [0.3, 0.4) is 0 Å². The molecule has 0 saturated heterocycles. The Morgan fingerprint density at radius 2 is 0.833 bits per heavy atom. The van der Waals surface area contributed by atoms with Crippen molar-refractivity contribution in [1.29, 1.82) is 0 Å². The topological polar surface area (TPSA) is 70.8 Å². The first-order chi connectivity index (χ1) is 32.0. The van der Waals surface area contributed by atoms with Gasteiger partial charge in [0.05, 0.1) is 17.1 Å². The van der Waals surface area contributed by atoms with Crippen molar-refractivity contribution in [2.24, 2.45) is 9.98 Å². The van der Waals surface area contributed by atoms with Crippen molar-refractivity contribution in [3.05, 3.63) is 95.6 Å². The van der Waals surface area contributed by atoms with Crippen LogP contribution >= 0.6 is 0 Å². The van der Waals surface area contributed by atoms with Crippen molar-refractivity contribution in [2.45, 2.75) is 240 Å². The molecule has 0 saturated carbocycles. The fourth-order valence-electron chi connectivity index (χ4n) is 8.18. The molecule has 0 aliphatic carbocycles. The van der Waals surface area contributed by atoms with E-state index >= 15 is 0 Å². The second-order valence-electron chi connectivity index (χ2n) is 18.5. The molecule has 0 bridgehead atoms. The van der Waals surface area contributed by atoms with Gasteiger partial charge < -0.3 is 10.2 Å². The van der Waals surface area contributed by atoms with Crippen molar-refractivity contribution >= 4 is 35.5 Å². The van der Waals surface area contributed by atoms with Crippen LogP contribution in [0.15, 0.2) is 88.9 Å². The molecule has 370 valence electrons. The molecule has 0 atom stereocenters. The summed E-state index contributed by atoms with van der Waals surface area (Å²) in [6, 6.07) is 21.9. The Morgan fingerprint density at radius 3 is 1.24 bits per heavy atom. The fourth-order valence-corrected chi connectivity index (χ4v) is 8.18. The van der Waals surface area contributed by atoms with Crippen LogP contribution in [0.2, 0.25) is 0 Å². The number of benzene rings is 3. The predicted octanol–water partition coefficient (Wildman–Crippen LogP) is 19.1. The van der Waals surface area contributed by atoms with Gasteiger partial charge in [0.25, 0.3) is 0 Å². The Kier molecular flexibility index (Phi) is 40.5. The first kappa shape index (κ1) is 60.6. The Labute approximate surface area is 416 Å². The summed E-state index contributed by atoms with van der Waals surface area (Å²) in [7, 11) is 0. The Balaban J connectivity index is 0.00000158. The van der Waals surface area contributed by atoms with Gasteiger partial charge in [0, 0.05) is 6.21 Å². The second-order valence-corrected chi connectivity index (χ2v) is 18.5. The van der Waals surface area contributed by atoms with Crippen LogP contribution in [-0.2, 0) is 22.9 Å². The van der Waals surface area contributed by atoms with E-state index in [1.54, 1.807) is 12.1 Å². The van der Waals surface area contributed by atoms with Gasteiger partial charge in [-0.3, -0.25) is 9.98 Å². The number of aliphatic imine (C=N–C) groups is 2. The Morgan fingerprint density at radius 1 is 0.439 bits per heavy atom. The van der Waals surface area contributed by atoms with Crippen molar-refractivity contribution in [3.63, 3.8) is 0 Å². The Hall–Kier alpha value is -3.43. The molecule has 0 aliphatic heterocycles. The maximum atomic E-state index is 11.0. The average molecular weight is 946 g/mol. The fraction of sp³-hybridized carbons (Fsp3) is 0.607. The summed E-state index contributed by atoms with van der Waals surface area (Å²) in [5, 5.41) is 21.8.